The lowest BCUT2D eigenvalue weighted by atomic mass is 9.95. The molecule has 1 aliphatic heterocycles. The van der Waals surface area contributed by atoms with E-state index in [4.69, 9.17) is 4.74 Å². The Labute approximate surface area is 149 Å². The molecule has 1 amide bonds. The van der Waals surface area contributed by atoms with Gasteiger partial charge in [0.25, 0.3) is 0 Å². The second kappa shape index (κ2) is 8.71. The molecule has 1 aliphatic rings. The predicted molar refractivity (Wildman–Crippen MR) is 99.0 cm³/mol. The van der Waals surface area contributed by atoms with E-state index in [2.05, 4.69) is 10.6 Å². The Balaban J connectivity index is 0.00000208. The average molecular weight is 347 g/mol. The molecule has 3 rings (SSSR count). The van der Waals surface area contributed by atoms with Gasteiger partial charge in [-0.05, 0) is 30.2 Å². The molecule has 2 N–H and O–H groups in total. The molecule has 0 aromatic heterocycles. The molecule has 0 saturated heterocycles. The fraction of sp³-hybridized carbons (Fsp3) is 0.316. The van der Waals surface area contributed by atoms with Crippen molar-refractivity contribution in [2.75, 3.05) is 18.5 Å². The Hall–Kier alpha value is -2.04. The van der Waals surface area contributed by atoms with Crippen molar-refractivity contribution in [2.45, 2.75) is 25.8 Å². The summed E-state index contributed by atoms with van der Waals surface area (Å²) in [5.74, 6) is 0.786. The third-order valence-corrected chi connectivity index (χ3v) is 4.11. The number of nitrogens with one attached hydrogen (secondary N) is 2. The summed E-state index contributed by atoms with van der Waals surface area (Å²) >= 11 is 0. The summed E-state index contributed by atoms with van der Waals surface area (Å²) < 4.78 is 5.67. The number of anilines is 1. The van der Waals surface area contributed by atoms with Crippen molar-refractivity contribution in [1.82, 2.24) is 5.32 Å². The minimum absolute atomic E-state index is 0. The number of halogens is 1. The van der Waals surface area contributed by atoms with E-state index in [-0.39, 0.29) is 24.2 Å². The van der Waals surface area contributed by atoms with Gasteiger partial charge in [0.1, 0.15) is 12.4 Å². The van der Waals surface area contributed by atoms with Crippen LogP contribution in [0, 0.1) is 0 Å². The summed E-state index contributed by atoms with van der Waals surface area (Å²) in [6, 6.07) is 15.7. The minimum Gasteiger partial charge on any atom is -0.492 e. The summed E-state index contributed by atoms with van der Waals surface area (Å²) in [5.41, 5.74) is 2.94. The van der Waals surface area contributed by atoms with E-state index >= 15 is 0 Å². The molecule has 0 radical (unpaired) electrons. The van der Waals surface area contributed by atoms with Gasteiger partial charge in [-0.3, -0.25) is 4.79 Å². The molecule has 0 saturated carbocycles. The number of hydrogen-bond acceptors (Lipinski definition) is 3. The van der Waals surface area contributed by atoms with Crippen LogP contribution in [-0.2, 0) is 11.3 Å². The number of benzene rings is 2. The van der Waals surface area contributed by atoms with Crippen molar-refractivity contribution in [1.29, 1.82) is 0 Å². The van der Waals surface area contributed by atoms with Crippen LogP contribution in [0.15, 0.2) is 48.5 Å². The highest BCUT2D eigenvalue weighted by molar-refractivity contribution is 5.96. The molecule has 5 heteroatoms. The largest absolute Gasteiger partial charge is 0.492 e. The molecular formula is C19H23ClN2O2. The van der Waals surface area contributed by atoms with Crippen molar-refractivity contribution < 1.29 is 9.53 Å². The van der Waals surface area contributed by atoms with Gasteiger partial charge in [-0.2, -0.15) is 0 Å². The number of fused-ring (bicyclic) bond motifs is 1. The van der Waals surface area contributed by atoms with Crippen molar-refractivity contribution in [2.24, 2.45) is 0 Å². The van der Waals surface area contributed by atoms with E-state index in [1.165, 1.54) is 0 Å². The third-order valence-electron chi connectivity index (χ3n) is 4.11. The standard InChI is InChI=1S/C19H22N2O2.ClH/c1-2-17(14-6-4-3-5-7-14)19(22)21-16-8-9-18-15(12-16)13-20-10-11-23-18;/h3-9,12,17,20H,2,10-11,13H2,1H3,(H,21,22);1H. The lowest BCUT2D eigenvalue weighted by molar-refractivity contribution is -0.117. The lowest BCUT2D eigenvalue weighted by Gasteiger charge is -2.16. The number of amides is 1. The number of carbonyl (C=O) groups excluding carboxylic acids is 1. The minimum atomic E-state index is -0.135. The highest BCUT2D eigenvalue weighted by atomic mass is 35.5. The molecule has 1 unspecified atom stereocenters. The van der Waals surface area contributed by atoms with Gasteiger partial charge >= 0.3 is 0 Å². The van der Waals surface area contributed by atoms with Gasteiger partial charge in [0.05, 0.1) is 5.92 Å². The summed E-state index contributed by atoms with van der Waals surface area (Å²) in [6.07, 6.45) is 0.769. The zero-order valence-corrected chi connectivity index (χ0v) is 14.6. The Morgan fingerprint density at radius 3 is 2.79 bits per heavy atom. The molecule has 0 spiro atoms. The lowest BCUT2D eigenvalue weighted by Crippen LogP contribution is -2.20. The van der Waals surface area contributed by atoms with Gasteiger partial charge in [0.2, 0.25) is 5.91 Å². The Kier molecular flexibility index (Phi) is 6.64. The van der Waals surface area contributed by atoms with Crippen molar-refractivity contribution in [3.63, 3.8) is 0 Å². The van der Waals surface area contributed by atoms with Gasteiger partial charge in [-0.15, -0.1) is 12.4 Å². The maximum absolute atomic E-state index is 12.6. The van der Waals surface area contributed by atoms with Gasteiger partial charge in [-0.25, -0.2) is 0 Å². The summed E-state index contributed by atoms with van der Waals surface area (Å²) in [7, 11) is 0. The van der Waals surface area contributed by atoms with Crippen LogP contribution in [0.4, 0.5) is 5.69 Å². The average Bonchev–Trinajstić information content (AvgIpc) is 2.81. The Morgan fingerprint density at radius 1 is 1.25 bits per heavy atom. The van der Waals surface area contributed by atoms with Crippen molar-refractivity contribution in [3.8, 4) is 5.75 Å². The molecule has 128 valence electrons. The summed E-state index contributed by atoms with van der Waals surface area (Å²) in [5, 5.41) is 6.35. The van der Waals surface area contributed by atoms with Crippen LogP contribution in [0.5, 0.6) is 5.75 Å². The van der Waals surface area contributed by atoms with Gasteiger partial charge in [0, 0.05) is 24.3 Å². The van der Waals surface area contributed by atoms with Gasteiger partial charge in [-0.1, -0.05) is 37.3 Å². The molecule has 24 heavy (non-hydrogen) atoms. The monoisotopic (exact) mass is 346 g/mol. The van der Waals surface area contributed by atoms with E-state index in [1.54, 1.807) is 0 Å². The number of ether oxygens (including phenoxy) is 1. The molecule has 1 heterocycles. The molecule has 0 aliphatic carbocycles. The second-order valence-electron chi connectivity index (χ2n) is 5.71. The van der Waals surface area contributed by atoms with Gasteiger partial charge < -0.3 is 15.4 Å². The first kappa shape index (κ1) is 18.3. The summed E-state index contributed by atoms with van der Waals surface area (Å²) in [6.45, 7) is 4.30. The third kappa shape index (κ3) is 4.28. The molecular weight excluding hydrogens is 324 g/mol. The highest BCUT2D eigenvalue weighted by Crippen LogP contribution is 2.26. The number of hydrogen-bond donors (Lipinski definition) is 2. The van der Waals surface area contributed by atoms with E-state index in [1.807, 2.05) is 55.5 Å². The second-order valence-corrected chi connectivity index (χ2v) is 5.71. The fourth-order valence-corrected chi connectivity index (χ4v) is 2.88. The van der Waals surface area contributed by atoms with Crippen LogP contribution >= 0.6 is 12.4 Å². The first-order valence-corrected chi connectivity index (χ1v) is 8.10. The molecule has 0 fully saturated rings. The zero-order chi connectivity index (χ0) is 16.1. The molecule has 1 atom stereocenters. The van der Waals surface area contributed by atoms with Crippen LogP contribution in [0.3, 0.4) is 0 Å². The van der Waals surface area contributed by atoms with Crippen molar-refractivity contribution >= 4 is 24.0 Å². The van der Waals surface area contributed by atoms with Crippen LogP contribution < -0.4 is 15.4 Å². The maximum atomic E-state index is 12.6. The molecule has 2 aromatic carbocycles. The molecule has 4 nitrogen and oxygen atoms in total. The normalized spacial score (nSPS) is 14.4. The Bertz CT molecular complexity index is 676. The van der Waals surface area contributed by atoms with Crippen LogP contribution in [0.2, 0.25) is 0 Å². The van der Waals surface area contributed by atoms with E-state index < -0.39 is 0 Å². The highest BCUT2D eigenvalue weighted by Gasteiger charge is 2.19. The van der Waals surface area contributed by atoms with Crippen LogP contribution in [0.25, 0.3) is 0 Å². The quantitative estimate of drug-likeness (QED) is 0.887. The van der Waals surface area contributed by atoms with Crippen LogP contribution in [0.1, 0.15) is 30.4 Å². The van der Waals surface area contributed by atoms with Gasteiger partial charge in [0.15, 0.2) is 0 Å². The molecule has 2 aromatic rings. The summed E-state index contributed by atoms with van der Waals surface area (Å²) in [4.78, 5) is 12.6. The van der Waals surface area contributed by atoms with E-state index in [0.717, 1.165) is 42.1 Å². The van der Waals surface area contributed by atoms with Crippen LogP contribution in [-0.4, -0.2) is 19.1 Å². The fourth-order valence-electron chi connectivity index (χ4n) is 2.88. The SMILES string of the molecule is CCC(C(=O)Nc1ccc2c(c1)CNCCO2)c1ccccc1.Cl. The number of carbonyl (C=O) groups is 1. The van der Waals surface area contributed by atoms with E-state index in [9.17, 15) is 4.79 Å². The Morgan fingerprint density at radius 2 is 2.04 bits per heavy atom. The maximum Gasteiger partial charge on any atom is 0.231 e. The smallest absolute Gasteiger partial charge is 0.231 e. The number of rotatable bonds is 4. The van der Waals surface area contributed by atoms with E-state index in [0.29, 0.717) is 6.61 Å². The topological polar surface area (TPSA) is 50.4 Å². The first-order valence-electron chi connectivity index (χ1n) is 8.10. The first-order chi connectivity index (χ1) is 11.3. The molecule has 0 bridgehead atoms. The zero-order valence-electron chi connectivity index (χ0n) is 13.7. The van der Waals surface area contributed by atoms with Crippen molar-refractivity contribution in [3.05, 3.63) is 59.7 Å². The predicted octanol–water partition coefficient (Wildman–Crippen LogP) is 3.72.